The summed E-state index contributed by atoms with van der Waals surface area (Å²) >= 11 is 0. The molecule has 0 spiro atoms. The van der Waals surface area contributed by atoms with Gasteiger partial charge in [0.2, 0.25) is 0 Å². The second kappa shape index (κ2) is 6.00. The second-order valence-electron chi connectivity index (χ2n) is 4.79. The van der Waals surface area contributed by atoms with Crippen molar-refractivity contribution < 1.29 is 9.53 Å². The maximum Gasteiger partial charge on any atom is 0.327 e. The molecule has 1 rings (SSSR count). The molecule has 0 aliphatic heterocycles. The minimum Gasteiger partial charge on any atom is -0.468 e. The average Bonchev–Trinajstić information content (AvgIpc) is 2.67. The van der Waals surface area contributed by atoms with Crippen LogP contribution in [0.5, 0.6) is 0 Å². The number of carbonyl (C=O) groups is 1. The Morgan fingerprint density at radius 1 is 1.56 bits per heavy atom. The van der Waals surface area contributed by atoms with Crippen LogP contribution in [0.1, 0.15) is 31.7 Å². The van der Waals surface area contributed by atoms with Crippen LogP contribution in [-0.2, 0) is 16.1 Å². The molecule has 5 heteroatoms. The van der Waals surface area contributed by atoms with Gasteiger partial charge in [0.1, 0.15) is 5.54 Å². The first kappa shape index (κ1) is 14.7. The highest BCUT2D eigenvalue weighted by Gasteiger charge is 2.34. The van der Waals surface area contributed by atoms with Crippen LogP contribution in [0.25, 0.3) is 0 Å². The molecule has 1 aromatic heterocycles. The molecule has 5 nitrogen and oxygen atoms in total. The van der Waals surface area contributed by atoms with E-state index in [1.807, 2.05) is 25.3 Å². The van der Waals surface area contributed by atoms with E-state index in [0.29, 0.717) is 6.54 Å². The minimum absolute atomic E-state index is 0.248. The van der Waals surface area contributed by atoms with Crippen molar-refractivity contribution >= 4 is 5.97 Å². The predicted octanol–water partition coefficient (Wildman–Crippen LogP) is 1.43. The molecule has 18 heavy (non-hydrogen) atoms. The maximum absolute atomic E-state index is 11.9. The van der Waals surface area contributed by atoms with Crippen LogP contribution in [0.3, 0.4) is 0 Å². The number of imidazole rings is 1. The van der Waals surface area contributed by atoms with Crippen molar-refractivity contribution in [3.8, 4) is 0 Å². The van der Waals surface area contributed by atoms with Gasteiger partial charge in [-0.05, 0) is 33.7 Å². The summed E-state index contributed by atoms with van der Waals surface area (Å²) < 4.78 is 6.88. The number of methoxy groups -OCH3 is 1. The summed E-state index contributed by atoms with van der Waals surface area (Å²) in [7, 11) is 1.42. The van der Waals surface area contributed by atoms with Gasteiger partial charge in [-0.2, -0.15) is 0 Å². The number of nitrogens with one attached hydrogen (secondary N) is 1. The summed E-state index contributed by atoms with van der Waals surface area (Å²) in [5, 5.41) is 3.26. The van der Waals surface area contributed by atoms with E-state index in [-0.39, 0.29) is 5.97 Å². The third-order valence-corrected chi connectivity index (χ3v) is 3.23. The highest BCUT2D eigenvalue weighted by atomic mass is 16.5. The number of carbonyl (C=O) groups excluding carboxylic acids is 1. The van der Waals surface area contributed by atoms with E-state index in [1.165, 1.54) is 7.11 Å². The zero-order chi connectivity index (χ0) is 13.8. The van der Waals surface area contributed by atoms with E-state index >= 15 is 0 Å². The van der Waals surface area contributed by atoms with Gasteiger partial charge in [0.15, 0.2) is 0 Å². The molecule has 0 amide bonds. The normalized spacial score (nSPS) is 14.3. The monoisotopic (exact) mass is 253 g/mol. The molecule has 0 saturated heterocycles. The molecular weight excluding hydrogens is 230 g/mol. The zero-order valence-electron chi connectivity index (χ0n) is 11.9. The summed E-state index contributed by atoms with van der Waals surface area (Å²) in [6, 6.07) is 0. The Morgan fingerprint density at radius 3 is 2.67 bits per heavy atom. The number of esters is 1. The zero-order valence-corrected chi connectivity index (χ0v) is 11.9. The summed E-state index contributed by atoms with van der Waals surface area (Å²) in [6.07, 6.45) is 2.73. The van der Waals surface area contributed by atoms with Crippen molar-refractivity contribution in [1.82, 2.24) is 14.9 Å². The third-order valence-electron chi connectivity index (χ3n) is 3.23. The first-order valence-electron chi connectivity index (χ1n) is 6.26. The van der Waals surface area contributed by atoms with E-state index in [2.05, 4.69) is 17.2 Å². The van der Waals surface area contributed by atoms with Crippen LogP contribution in [0.4, 0.5) is 0 Å². The van der Waals surface area contributed by atoms with E-state index in [4.69, 9.17) is 4.74 Å². The Balaban J connectivity index is 2.91. The van der Waals surface area contributed by atoms with Gasteiger partial charge in [0, 0.05) is 5.69 Å². The van der Waals surface area contributed by atoms with Crippen molar-refractivity contribution in [3.05, 3.63) is 17.7 Å². The van der Waals surface area contributed by atoms with Crippen molar-refractivity contribution in [2.75, 3.05) is 13.7 Å². The Morgan fingerprint density at radius 2 is 2.22 bits per heavy atom. The molecule has 0 fully saturated rings. The molecular formula is C13H23N3O2. The molecule has 1 unspecified atom stereocenters. The first-order chi connectivity index (χ1) is 8.44. The van der Waals surface area contributed by atoms with Gasteiger partial charge < -0.3 is 14.6 Å². The Kier molecular flexibility index (Phi) is 4.90. The third kappa shape index (κ3) is 3.10. The van der Waals surface area contributed by atoms with Gasteiger partial charge >= 0.3 is 5.97 Å². The van der Waals surface area contributed by atoms with Gasteiger partial charge in [0.25, 0.3) is 0 Å². The Hall–Kier alpha value is -1.36. The lowest BCUT2D eigenvalue weighted by molar-refractivity contribution is -0.148. The van der Waals surface area contributed by atoms with Gasteiger partial charge in [-0.15, -0.1) is 0 Å². The summed E-state index contributed by atoms with van der Waals surface area (Å²) in [4.78, 5) is 16.2. The molecule has 0 bridgehead atoms. The fourth-order valence-electron chi connectivity index (χ4n) is 1.86. The lowest BCUT2D eigenvalue weighted by atomic mass is 10.0. The number of nitrogens with zero attached hydrogens (tertiary/aromatic N) is 2. The molecule has 0 aromatic carbocycles. The SMILES string of the molecule is CCCNC(C)(Cn1cnc(C)c1C)C(=O)OC. The molecule has 0 aliphatic rings. The summed E-state index contributed by atoms with van der Waals surface area (Å²) in [5.41, 5.74) is 1.34. The van der Waals surface area contributed by atoms with E-state index in [1.54, 1.807) is 6.33 Å². The highest BCUT2D eigenvalue weighted by molar-refractivity contribution is 5.80. The molecule has 1 atom stereocenters. The van der Waals surface area contributed by atoms with Crippen molar-refractivity contribution in [2.45, 2.75) is 46.2 Å². The standard InChI is InChI=1S/C13H23N3O2/c1-6-7-15-13(4,12(17)18-5)8-16-9-14-10(2)11(16)3/h9,15H,6-8H2,1-5H3. The molecule has 0 aliphatic carbocycles. The van der Waals surface area contributed by atoms with Gasteiger partial charge in [-0.25, -0.2) is 9.78 Å². The molecule has 1 heterocycles. The number of aromatic nitrogens is 2. The average molecular weight is 253 g/mol. The smallest absolute Gasteiger partial charge is 0.327 e. The largest absolute Gasteiger partial charge is 0.468 e. The number of hydrogen-bond acceptors (Lipinski definition) is 4. The number of rotatable bonds is 6. The maximum atomic E-state index is 11.9. The molecule has 1 N–H and O–H groups in total. The van der Waals surface area contributed by atoms with Crippen LogP contribution in [-0.4, -0.2) is 34.7 Å². The van der Waals surface area contributed by atoms with Crippen LogP contribution < -0.4 is 5.32 Å². The summed E-state index contributed by atoms with van der Waals surface area (Å²) in [5.74, 6) is -0.248. The highest BCUT2D eigenvalue weighted by Crippen LogP contribution is 2.14. The predicted molar refractivity (Wildman–Crippen MR) is 70.4 cm³/mol. The molecule has 0 radical (unpaired) electrons. The molecule has 102 valence electrons. The minimum atomic E-state index is -0.720. The second-order valence-corrected chi connectivity index (χ2v) is 4.79. The topological polar surface area (TPSA) is 56.2 Å². The van der Waals surface area contributed by atoms with E-state index in [9.17, 15) is 4.79 Å². The Labute approximate surface area is 109 Å². The fourth-order valence-corrected chi connectivity index (χ4v) is 1.86. The summed E-state index contributed by atoms with van der Waals surface area (Å²) in [6.45, 7) is 9.19. The van der Waals surface area contributed by atoms with Crippen molar-refractivity contribution in [1.29, 1.82) is 0 Å². The van der Waals surface area contributed by atoms with E-state index in [0.717, 1.165) is 24.4 Å². The van der Waals surface area contributed by atoms with Crippen LogP contribution in [0.15, 0.2) is 6.33 Å². The quantitative estimate of drug-likeness (QED) is 0.779. The van der Waals surface area contributed by atoms with Crippen LogP contribution in [0.2, 0.25) is 0 Å². The van der Waals surface area contributed by atoms with Crippen LogP contribution >= 0.6 is 0 Å². The Bertz CT molecular complexity index is 414. The fraction of sp³-hybridized carbons (Fsp3) is 0.692. The number of ether oxygens (including phenoxy) is 1. The van der Waals surface area contributed by atoms with Gasteiger partial charge in [-0.1, -0.05) is 6.92 Å². The van der Waals surface area contributed by atoms with E-state index < -0.39 is 5.54 Å². The lowest BCUT2D eigenvalue weighted by Gasteiger charge is -2.28. The number of aryl methyl sites for hydroxylation is 1. The first-order valence-corrected chi connectivity index (χ1v) is 6.26. The van der Waals surface area contributed by atoms with Crippen molar-refractivity contribution in [3.63, 3.8) is 0 Å². The van der Waals surface area contributed by atoms with Gasteiger partial charge in [0.05, 0.1) is 25.7 Å². The van der Waals surface area contributed by atoms with Crippen molar-refractivity contribution in [2.24, 2.45) is 0 Å². The molecule has 0 saturated carbocycles. The van der Waals surface area contributed by atoms with Crippen LogP contribution in [0, 0.1) is 13.8 Å². The van der Waals surface area contributed by atoms with Gasteiger partial charge in [-0.3, -0.25) is 0 Å². The molecule has 1 aromatic rings. The lowest BCUT2D eigenvalue weighted by Crippen LogP contribution is -2.53. The number of hydrogen-bond donors (Lipinski definition) is 1.